The Morgan fingerprint density at radius 1 is 1.13 bits per heavy atom. The molecule has 0 saturated carbocycles. The van der Waals surface area contributed by atoms with E-state index in [2.05, 4.69) is 24.9 Å². The molecule has 38 heavy (non-hydrogen) atoms. The van der Waals surface area contributed by atoms with E-state index in [1.54, 1.807) is 24.4 Å². The van der Waals surface area contributed by atoms with Gasteiger partial charge in [-0.1, -0.05) is 11.6 Å². The van der Waals surface area contributed by atoms with Crippen LogP contribution in [0.2, 0.25) is 5.02 Å². The number of hydrogen-bond acceptors (Lipinski definition) is 7. The molecule has 0 saturated heterocycles. The predicted octanol–water partition coefficient (Wildman–Crippen LogP) is 4.25. The van der Waals surface area contributed by atoms with E-state index in [1.165, 1.54) is 18.5 Å². The van der Waals surface area contributed by atoms with Crippen LogP contribution in [-0.4, -0.2) is 29.5 Å². The summed E-state index contributed by atoms with van der Waals surface area (Å²) in [5, 5.41) is 9.82. The highest BCUT2D eigenvalue weighted by Gasteiger charge is 2.38. The Labute approximate surface area is 215 Å². The highest BCUT2D eigenvalue weighted by Crippen LogP contribution is 2.35. The second-order valence-corrected chi connectivity index (χ2v) is 8.36. The lowest BCUT2D eigenvalue weighted by molar-refractivity contribution is -0.142. The zero-order chi connectivity index (χ0) is 27.0. The van der Waals surface area contributed by atoms with Gasteiger partial charge in [0.25, 0.3) is 11.1 Å². The number of ether oxygens (including phenoxy) is 1. The molecule has 0 bridgehead atoms. The number of rotatable bonds is 5. The van der Waals surface area contributed by atoms with E-state index in [9.17, 15) is 22.8 Å². The van der Waals surface area contributed by atoms with Crippen LogP contribution in [0.25, 0.3) is 22.4 Å². The van der Waals surface area contributed by atoms with Gasteiger partial charge in [0.05, 0.1) is 30.1 Å². The second-order valence-electron chi connectivity index (χ2n) is 7.93. The summed E-state index contributed by atoms with van der Waals surface area (Å²) < 4.78 is 46.9. The van der Waals surface area contributed by atoms with E-state index >= 15 is 0 Å². The molecular formula is C24H13ClF3N7O3. The van der Waals surface area contributed by atoms with Crippen molar-refractivity contribution in [3.05, 3.63) is 97.8 Å². The molecule has 1 aromatic carbocycles. The molecule has 0 aliphatic heterocycles. The second kappa shape index (κ2) is 9.49. The van der Waals surface area contributed by atoms with E-state index in [0.717, 1.165) is 16.7 Å². The SMILES string of the molecule is N#Cc1cc(Cl)cc(Oc2c(C(F)(F)F)ncn(Cc3cnc(-c4ccnc5[nH]ccc45)[nH]c3=O)c2=O)c1. The molecule has 0 aliphatic rings. The van der Waals surface area contributed by atoms with Crippen molar-refractivity contribution in [1.29, 1.82) is 5.26 Å². The number of fused-ring (bicyclic) bond motifs is 1. The molecule has 190 valence electrons. The van der Waals surface area contributed by atoms with Gasteiger partial charge in [-0.15, -0.1) is 0 Å². The number of benzene rings is 1. The molecule has 5 aromatic rings. The molecule has 4 aromatic heterocycles. The fourth-order valence-corrected chi connectivity index (χ4v) is 3.93. The van der Waals surface area contributed by atoms with Crippen LogP contribution >= 0.6 is 11.6 Å². The Hall–Kier alpha value is -4.96. The lowest BCUT2D eigenvalue weighted by Gasteiger charge is -2.15. The first kappa shape index (κ1) is 24.7. The van der Waals surface area contributed by atoms with Crippen molar-refractivity contribution < 1.29 is 17.9 Å². The first-order chi connectivity index (χ1) is 18.1. The fraction of sp³-hybridized carbons (Fsp3) is 0.0833. The third-order valence-corrected chi connectivity index (χ3v) is 5.63. The summed E-state index contributed by atoms with van der Waals surface area (Å²) in [5.74, 6) is -1.17. The van der Waals surface area contributed by atoms with Gasteiger partial charge in [-0.3, -0.25) is 14.2 Å². The van der Waals surface area contributed by atoms with Crippen molar-refractivity contribution in [3.63, 3.8) is 0 Å². The van der Waals surface area contributed by atoms with Crippen LogP contribution in [-0.2, 0) is 12.7 Å². The molecule has 0 atom stereocenters. The van der Waals surface area contributed by atoms with Crippen LogP contribution < -0.4 is 15.9 Å². The Morgan fingerprint density at radius 3 is 2.68 bits per heavy atom. The normalized spacial score (nSPS) is 11.4. The van der Waals surface area contributed by atoms with Crippen molar-refractivity contribution in [2.24, 2.45) is 0 Å². The minimum atomic E-state index is -5.03. The number of alkyl halides is 3. The highest BCUT2D eigenvalue weighted by atomic mass is 35.5. The Bertz CT molecular complexity index is 1850. The molecule has 2 N–H and O–H groups in total. The highest BCUT2D eigenvalue weighted by molar-refractivity contribution is 6.30. The van der Waals surface area contributed by atoms with Crippen molar-refractivity contribution in [2.45, 2.75) is 12.7 Å². The summed E-state index contributed by atoms with van der Waals surface area (Å²) in [5.41, 5.74) is -2.22. The monoisotopic (exact) mass is 539 g/mol. The van der Waals surface area contributed by atoms with Crippen molar-refractivity contribution >= 4 is 22.6 Å². The van der Waals surface area contributed by atoms with E-state index in [0.29, 0.717) is 22.9 Å². The summed E-state index contributed by atoms with van der Waals surface area (Å²) in [4.78, 5) is 43.2. The third kappa shape index (κ3) is 4.72. The van der Waals surface area contributed by atoms with Crippen molar-refractivity contribution in [3.8, 4) is 29.0 Å². The fourth-order valence-electron chi connectivity index (χ4n) is 3.70. The molecule has 0 amide bonds. The topological polar surface area (TPSA) is 142 Å². The number of nitrogens with one attached hydrogen (secondary N) is 2. The van der Waals surface area contributed by atoms with Crippen LogP contribution in [0.3, 0.4) is 0 Å². The summed E-state index contributed by atoms with van der Waals surface area (Å²) in [6.07, 6.45) is 0.0709. The summed E-state index contributed by atoms with van der Waals surface area (Å²) >= 11 is 5.90. The third-order valence-electron chi connectivity index (χ3n) is 5.41. The Morgan fingerprint density at radius 2 is 1.95 bits per heavy atom. The zero-order valence-corrected chi connectivity index (χ0v) is 19.6. The first-order valence-electron chi connectivity index (χ1n) is 10.7. The summed E-state index contributed by atoms with van der Waals surface area (Å²) in [6.45, 7) is -0.447. The van der Waals surface area contributed by atoms with Gasteiger partial charge in [0.2, 0.25) is 5.75 Å². The number of aromatic amines is 2. The number of pyridine rings is 1. The lowest BCUT2D eigenvalue weighted by Crippen LogP contribution is -2.28. The maximum atomic E-state index is 13.6. The average molecular weight is 540 g/mol. The van der Waals surface area contributed by atoms with Crippen molar-refractivity contribution in [1.82, 2.24) is 29.5 Å². The maximum absolute atomic E-state index is 13.6. The van der Waals surface area contributed by atoms with Gasteiger partial charge >= 0.3 is 6.18 Å². The quantitative estimate of drug-likeness (QED) is 0.340. The lowest BCUT2D eigenvalue weighted by atomic mass is 10.1. The van der Waals surface area contributed by atoms with E-state index in [-0.39, 0.29) is 27.7 Å². The minimum absolute atomic E-state index is 0.00841. The minimum Gasteiger partial charge on any atom is -0.449 e. The van der Waals surface area contributed by atoms with Crippen molar-refractivity contribution in [2.75, 3.05) is 0 Å². The van der Waals surface area contributed by atoms with Gasteiger partial charge in [-0.2, -0.15) is 18.4 Å². The number of H-pyrrole nitrogens is 2. The van der Waals surface area contributed by atoms with Crippen LogP contribution in [0.15, 0.2) is 64.8 Å². The van der Waals surface area contributed by atoms with E-state index in [4.69, 9.17) is 21.6 Å². The molecule has 0 fully saturated rings. The van der Waals surface area contributed by atoms with Gasteiger partial charge in [0.1, 0.15) is 17.2 Å². The molecule has 0 spiro atoms. The predicted molar refractivity (Wildman–Crippen MR) is 129 cm³/mol. The van der Waals surface area contributed by atoms with Gasteiger partial charge < -0.3 is 14.7 Å². The molecule has 10 nitrogen and oxygen atoms in total. The molecule has 0 aliphatic carbocycles. The first-order valence-corrected chi connectivity index (χ1v) is 11.1. The van der Waals surface area contributed by atoms with E-state index in [1.807, 2.05) is 0 Å². The Balaban J connectivity index is 1.53. The van der Waals surface area contributed by atoms with Crippen LogP contribution in [0.1, 0.15) is 16.8 Å². The summed E-state index contributed by atoms with van der Waals surface area (Å²) in [6, 6.07) is 8.76. The number of halogens is 4. The smallest absolute Gasteiger partial charge is 0.437 e. The number of nitrogens with zero attached hydrogens (tertiary/aromatic N) is 5. The van der Waals surface area contributed by atoms with Gasteiger partial charge in [0.15, 0.2) is 5.69 Å². The number of aromatic nitrogens is 6. The standard InChI is InChI=1S/C24H13ClF3N7O3/c25-14-5-12(8-29)6-15(7-14)38-18-19(24(26,27)28)33-11-35(23(18)37)10-13-9-32-21(34-22(13)36)17-2-4-31-20-16(17)1-3-30-20/h1-7,9,11H,10H2,(H,30,31)(H,32,34,36). The van der Waals surface area contributed by atoms with E-state index < -0.39 is 35.3 Å². The molecular weight excluding hydrogens is 527 g/mol. The molecule has 0 radical (unpaired) electrons. The largest absolute Gasteiger partial charge is 0.449 e. The molecule has 14 heteroatoms. The van der Waals surface area contributed by atoms with Crippen LogP contribution in [0.4, 0.5) is 13.2 Å². The van der Waals surface area contributed by atoms with Gasteiger partial charge in [-0.05, 0) is 30.3 Å². The molecule has 0 unspecified atom stereocenters. The average Bonchev–Trinajstić information content (AvgIpc) is 3.35. The number of hydrogen-bond donors (Lipinski definition) is 2. The zero-order valence-electron chi connectivity index (χ0n) is 18.9. The molecule has 5 rings (SSSR count). The van der Waals surface area contributed by atoms with Gasteiger partial charge in [-0.25, -0.2) is 15.0 Å². The summed E-state index contributed by atoms with van der Waals surface area (Å²) in [7, 11) is 0. The number of nitriles is 1. The molecule has 4 heterocycles. The van der Waals surface area contributed by atoms with Gasteiger partial charge in [0, 0.05) is 34.6 Å². The van der Waals surface area contributed by atoms with Crippen LogP contribution in [0, 0.1) is 11.3 Å². The maximum Gasteiger partial charge on any atom is 0.437 e. The van der Waals surface area contributed by atoms with Crippen LogP contribution in [0.5, 0.6) is 11.5 Å². The Kier molecular flexibility index (Phi) is 6.17.